The molecule has 12 aromatic rings. The van der Waals surface area contributed by atoms with Crippen molar-refractivity contribution in [2.24, 2.45) is 0 Å². The zero-order valence-electron chi connectivity index (χ0n) is 73.3. The molecule has 14 heterocycles. The lowest BCUT2D eigenvalue weighted by molar-refractivity contribution is -0.129. The van der Waals surface area contributed by atoms with Gasteiger partial charge in [-0.15, -0.1) is 0 Å². The van der Waals surface area contributed by atoms with Gasteiger partial charge in [-0.3, -0.25) is 57.4 Å². The first-order chi connectivity index (χ1) is 61.5. The lowest BCUT2D eigenvalue weighted by Gasteiger charge is -2.49. The van der Waals surface area contributed by atoms with E-state index in [-0.39, 0.29) is 122 Å². The second-order valence-electron chi connectivity index (χ2n) is 34.7. The van der Waals surface area contributed by atoms with Crippen molar-refractivity contribution in [2.45, 2.75) is 144 Å². The molecule has 32 heteroatoms. The van der Waals surface area contributed by atoms with Crippen LogP contribution in [0, 0.1) is 32.4 Å². The summed E-state index contributed by atoms with van der Waals surface area (Å²) in [5.41, 5.74) is 30.1. The molecule has 7 N–H and O–H groups in total. The van der Waals surface area contributed by atoms with Crippen molar-refractivity contribution < 1.29 is 27.9 Å². The van der Waals surface area contributed by atoms with E-state index in [1.165, 1.54) is 41.0 Å². The second kappa shape index (κ2) is 35.2. The Labute approximate surface area is 769 Å². The number of anilines is 7. The molecule has 0 aliphatic carbocycles. The molecule has 18 rings (SSSR count). The Hall–Kier alpha value is -12.4. The summed E-state index contributed by atoms with van der Waals surface area (Å²) < 4.78 is 44.1. The number of amides is 3. The van der Waals surface area contributed by atoms with E-state index < -0.39 is 17.2 Å². The Morgan fingerprint density at radius 2 is 0.884 bits per heavy atom. The van der Waals surface area contributed by atoms with Crippen LogP contribution in [0.1, 0.15) is 119 Å². The molecule has 666 valence electrons. The third-order valence-electron chi connectivity index (χ3n) is 25.2. The maximum Gasteiger partial charge on any atom is 0.301 e. The highest BCUT2D eigenvalue weighted by Crippen LogP contribution is 2.50. The molecule has 3 amide bonds. The van der Waals surface area contributed by atoms with Crippen LogP contribution in [0.2, 0.25) is 25.1 Å². The lowest BCUT2D eigenvalue weighted by atomic mass is 9.97. The number of nitrogens with one attached hydrogen (secondary N) is 1. The molecule has 0 radical (unpaired) electrons. The van der Waals surface area contributed by atoms with Crippen LogP contribution in [-0.2, 0) is 20.8 Å². The van der Waals surface area contributed by atoms with E-state index in [9.17, 15) is 28.8 Å². The van der Waals surface area contributed by atoms with Gasteiger partial charge in [0.25, 0.3) is 11.1 Å². The number of nitrogens with zero attached hydrogens (tertiary/aromatic N) is 14. The van der Waals surface area contributed by atoms with E-state index in [0.717, 1.165) is 33.8 Å². The number of piperazine rings is 3. The van der Waals surface area contributed by atoms with Crippen LogP contribution >= 0.6 is 58.0 Å². The van der Waals surface area contributed by atoms with Crippen LogP contribution in [0.25, 0.3) is 83.7 Å². The maximum atomic E-state index is 17.1. The maximum absolute atomic E-state index is 17.1. The highest BCUT2D eigenvalue weighted by molar-refractivity contribution is 6.38. The van der Waals surface area contributed by atoms with E-state index in [2.05, 4.69) is 49.8 Å². The first-order valence-corrected chi connectivity index (χ1v) is 44.5. The van der Waals surface area contributed by atoms with Crippen molar-refractivity contribution >= 4 is 149 Å². The van der Waals surface area contributed by atoms with Gasteiger partial charge in [-0.1, -0.05) is 119 Å². The van der Waals surface area contributed by atoms with Crippen LogP contribution in [0.3, 0.4) is 0 Å². The SMILES string of the molecule is C=CC(=O)N1CC2CNc3c(c4cc(Cl)c(-c5cc(N)ccc5Cl)nc4n(-c4c(C)ccnc4C(C)C)c3=O)N2CC1C.C=CC(=O)N1CC2COc3c(c4cc(Cl)c(-c5cc(N)ccc5Cl)nc4n(-c4c(C)ccnc4C(C)C)c3=O)N2CC1C.C=CC(=O)N1CC2Cc3c(c4cc(F)c(-c5cc(N)ccc5Cl)c(F)c4n(-c4c(C)ccnc4C(C)C)c3=O)N2CC1C. The van der Waals surface area contributed by atoms with E-state index in [4.69, 9.17) is 89.9 Å². The van der Waals surface area contributed by atoms with Crippen molar-refractivity contribution in [2.75, 3.05) is 89.6 Å². The predicted octanol–water partition coefficient (Wildman–Crippen LogP) is 17.7. The zero-order valence-corrected chi connectivity index (χ0v) is 77.1. The number of hydrogen-bond donors (Lipinski definition) is 4. The molecule has 3 saturated heterocycles. The highest BCUT2D eigenvalue weighted by Gasteiger charge is 2.46. The van der Waals surface area contributed by atoms with Crippen molar-refractivity contribution in [1.29, 1.82) is 0 Å². The lowest BCUT2D eigenvalue weighted by Crippen LogP contribution is -2.62. The molecule has 8 aromatic heterocycles. The predicted molar refractivity (Wildman–Crippen MR) is 514 cm³/mol. The standard InChI is InChI=1S/C33H32ClF2N5O2.C32H33Cl2N7O2.C32H32Cl2N6O3/c1-6-26(42)39-15-20-12-23-31(40(20)14-18(39)5)22-13-25(35)27(21-11-19(37)7-8-24(21)34)28(36)32(22)41(33(23)43)30-17(4)9-10-38-29(30)16(2)3;1-6-25(42)39-15-20-13-37-28-30(40(20)14-18(39)5)22-12-24(34)27(21-11-19(35)7-8-23(21)33)38-31(22)41(32(28)43)29-17(4)9-10-36-26(29)16(2)3;1-6-25(41)38-14-20-15-43-30-29(39(20)13-18(38)5)22-12-24(34)27(21-11-19(35)7-8-23(21)33)37-31(22)40(32(30)42)28-17(4)9-10-36-26(28)16(2)3/h6-11,13,16,18,20H,1,12,14-15,37H2,2-5H3;6-12,16,18,20,37H,1,13-15,35H2,2-5H3;6-12,16,18,20H,1,13-15,35H2,2-5H3. The number of fused-ring (bicyclic) bond motifs is 15. The van der Waals surface area contributed by atoms with Crippen molar-refractivity contribution in [3.8, 4) is 56.5 Å². The van der Waals surface area contributed by atoms with Gasteiger partial charge in [0, 0.05) is 149 Å². The summed E-state index contributed by atoms with van der Waals surface area (Å²) in [5, 5.41) is 6.72. The first-order valence-electron chi connectivity index (χ1n) is 42.6. The molecule has 25 nitrogen and oxygen atoms in total. The number of pyridine rings is 8. The van der Waals surface area contributed by atoms with E-state index in [0.29, 0.717) is 179 Å². The van der Waals surface area contributed by atoms with Crippen molar-refractivity contribution in [1.82, 2.24) is 53.3 Å². The fraction of sp³-hybridized carbons (Fsp3) is 0.309. The van der Waals surface area contributed by atoms with Gasteiger partial charge in [0.1, 0.15) is 23.8 Å². The first kappa shape index (κ1) is 90.0. The van der Waals surface area contributed by atoms with E-state index in [1.54, 1.807) is 86.1 Å². The summed E-state index contributed by atoms with van der Waals surface area (Å²) in [7, 11) is 0. The summed E-state index contributed by atoms with van der Waals surface area (Å²) in [6, 6.07) is 24.3. The van der Waals surface area contributed by atoms with Crippen LogP contribution < -0.4 is 58.6 Å². The molecule has 0 bridgehead atoms. The van der Waals surface area contributed by atoms with Crippen LogP contribution in [0.5, 0.6) is 5.75 Å². The van der Waals surface area contributed by atoms with Gasteiger partial charge in [0.15, 0.2) is 11.5 Å². The summed E-state index contributed by atoms with van der Waals surface area (Å²) in [6.07, 6.45) is 9.44. The molecule has 6 aliphatic heterocycles. The second-order valence-corrected chi connectivity index (χ2v) is 36.7. The number of carbonyl (C=O) groups excluding carboxylic acids is 3. The number of aromatic nitrogens is 8. The molecule has 6 aliphatic rings. The molecule has 3 fully saturated rings. The zero-order chi connectivity index (χ0) is 92.4. The fourth-order valence-corrected chi connectivity index (χ4v) is 20.2. The Morgan fingerprint density at radius 1 is 0.481 bits per heavy atom. The summed E-state index contributed by atoms with van der Waals surface area (Å²) in [4.78, 5) is 117. The van der Waals surface area contributed by atoms with Gasteiger partial charge in [-0.25, -0.2) is 18.7 Å². The van der Waals surface area contributed by atoms with Gasteiger partial charge in [0.05, 0.1) is 112 Å². The number of aryl methyl sites for hydroxylation is 3. The van der Waals surface area contributed by atoms with E-state index in [1.807, 2.05) is 117 Å². The largest absolute Gasteiger partial charge is 0.484 e. The van der Waals surface area contributed by atoms with Gasteiger partial charge in [-0.05, 0) is 185 Å². The molecule has 6 unspecified atom stereocenters. The molecule has 6 atom stereocenters. The van der Waals surface area contributed by atoms with Gasteiger partial charge >= 0.3 is 5.56 Å². The number of nitrogen functional groups attached to an aromatic ring is 3. The Balaban J connectivity index is 0.000000142. The Bertz CT molecular complexity index is 6670. The van der Waals surface area contributed by atoms with Crippen LogP contribution in [-0.4, -0.2) is 160 Å². The number of benzene rings is 4. The normalized spacial score (nSPS) is 17.9. The minimum Gasteiger partial charge on any atom is -0.484 e. The van der Waals surface area contributed by atoms with Crippen molar-refractivity contribution in [3.05, 3.63) is 255 Å². The van der Waals surface area contributed by atoms with Gasteiger partial charge in [0.2, 0.25) is 23.5 Å². The third-order valence-corrected chi connectivity index (χ3v) is 26.8. The smallest absolute Gasteiger partial charge is 0.301 e. The molecular formula is C97H97Cl5F2N18O7. The summed E-state index contributed by atoms with van der Waals surface area (Å²) in [5.74, 6) is -2.02. The molecule has 0 spiro atoms. The molecule has 4 aromatic carbocycles. The third kappa shape index (κ3) is 15.7. The highest BCUT2D eigenvalue weighted by atomic mass is 35.5. The molecule has 0 saturated carbocycles. The Morgan fingerprint density at radius 3 is 1.34 bits per heavy atom. The number of halogens is 7. The molecular weight excluding hydrogens is 1740 g/mol. The van der Waals surface area contributed by atoms with Crippen molar-refractivity contribution in [3.63, 3.8) is 0 Å². The number of nitrogens with two attached hydrogens (primary N) is 3. The number of rotatable bonds is 12. The van der Waals surface area contributed by atoms with E-state index >= 15 is 8.78 Å². The fourth-order valence-electron chi connectivity index (χ4n) is 19.0. The minimum atomic E-state index is -0.919. The van der Waals surface area contributed by atoms with Gasteiger partial charge < -0.3 is 56.7 Å². The summed E-state index contributed by atoms with van der Waals surface area (Å²) in [6.45, 7) is 38.1. The van der Waals surface area contributed by atoms with Crippen LogP contribution in [0.15, 0.2) is 162 Å². The monoisotopic (exact) mass is 1840 g/mol. The quantitative estimate of drug-likeness (QED) is 0.0652. The number of ether oxygens (including phenoxy) is 1. The molecule has 129 heavy (non-hydrogen) atoms. The average Bonchev–Trinajstić information content (AvgIpc) is 1.69. The average molecular weight is 1840 g/mol. The number of hydrogen-bond acceptors (Lipinski definition) is 19. The summed E-state index contributed by atoms with van der Waals surface area (Å²) >= 11 is 33.6. The van der Waals surface area contributed by atoms with Gasteiger partial charge in [-0.2, -0.15) is 0 Å². The number of carbonyl (C=O) groups is 3. The Kier molecular flexibility index (Phi) is 24.6. The minimum absolute atomic E-state index is 0.0182. The topological polar surface area (TPSA) is 300 Å². The van der Waals surface area contributed by atoms with Crippen LogP contribution in [0.4, 0.5) is 48.6 Å².